The number of carbonyl (C=O) groups excluding carboxylic acids is 1. The number of pyridine rings is 1. The van der Waals surface area contributed by atoms with E-state index in [-0.39, 0.29) is 17.6 Å². The summed E-state index contributed by atoms with van der Waals surface area (Å²) in [5.74, 6) is -0.600. The van der Waals surface area contributed by atoms with Gasteiger partial charge in [-0.25, -0.2) is 4.79 Å². The molecule has 2 N–H and O–H groups in total. The van der Waals surface area contributed by atoms with E-state index in [1.165, 1.54) is 6.20 Å². The topological polar surface area (TPSA) is 71.2 Å². The van der Waals surface area contributed by atoms with E-state index < -0.39 is 5.97 Å². The molecule has 0 aliphatic heterocycles. The van der Waals surface area contributed by atoms with Crippen LogP contribution in [0.2, 0.25) is 0 Å². The summed E-state index contributed by atoms with van der Waals surface area (Å²) in [7, 11) is 1.86. The predicted molar refractivity (Wildman–Crippen MR) is 83.5 cm³/mol. The molecule has 0 saturated heterocycles. The Hall–Kier alpha value is -2.40. The number of ether oxygens (including phenoxy) is 1. The number of nitrogens with one attached hydrogen (secondary N) is 2. The quantitative estimate of drug-likeness (QED) is 0.824. The highest BCUT2D eigenvalue weighted by Gasteiger charge is 2.13. The van der Waals surface area contributed by atoms with Crippen LogP contribution in [0.1, 0.15) is 22.8 Å². The molecule has 0 fully saturated rings. The summed E-state index contributed by atoms with van der Waals surface area (Å²) in [6.07, 6.45) is 5.29. The average Bonchev–Trinajstić information content (AvgIpc) is 2.48. The van der Waals surface area contributed by atoms with Gasteiger partial charge in [0.2, 0.25) is 5.43 Å². The van der Waals surface area contributed by atoms with Gasteiger partial charge in [0.15, 0.2) is 0 Å². The van der Waals surface area contributed by atoms with Gasteiger partial charge in [-0.1, -0.05) is 18.2 Å². The molecule has 0 aliphatic rings. The number of carbonyl (C=O) groups is 1. The first-order valence-electron chi connectivity index (χ1n) is 6.81. The second-order valence-corrected chi connectivity index (χ2v) is 4.52. The lowest BCUT2D eigenvalue weighted by Gasteiger charge is -2.04. The standard InChI is InChI=1S/C16H18N2O3/c1-3-21-16(20)13-10-18-14-7-6-11(5-4-8-17-2)9-12(14)15(13)19/h4-7,9-10,17H,3,8H2,1-2H3,(H,18,19). The molecule has 1 aromatic heterocycles. The zero-order valence-corrected chi connectivity index (χ0v) is 12.1. The lowest BCUT2D eigenvalue weighted by molar-refractivity contribution is 0.0524. The lowest BCUT2D eigenvalue weighted by Crippen LogP contribution is -2.18. The van der Waals surface area contributed by atoms with Crippen LogP contribution >= 0.6 is 0 Å². The van der Waals surface area contributed by atoms with Gasteiger partial charge in [0.1, 0.15) is 5.56 Å². The van der Waals surface area contributed by atoms with Crippen LogP contribution in [0.4, 0.5) is 0 Å². The Bertz CT molecular complexity index is 732. The molecule has 5 heteroatoms. The van der Waals surface area contributed by atoms with Crippen LogP contribution in [0.25, 0.3) is 17.0 Å². The second-order valence-electron chi connectivity index (χ2n) is 4.52. The normalized spacial score (nSPS) is 11.1. The Morgan fingerprint density at radius 2 is 2.24 bits per heavy atom. The van der Waals surface area contributed by atoms with Crippen LogP contribution in [-0.4, -0.2) is 31.2 Å². The first kappa shape index (κ1) is 15.0. The molecular weight excluding hydrogens is 268 g/mol. The van der Waals surface area contributed by atoms with Gasteiger partial charge in [-0.05, 0) is 31.7 Å². The van der Waals surface area contributed by atoms with Crippen molar-refractivity contribution in [3.05, 3.63) is 51.8 Å². The van der Waals surface area contributed by atoms with Gasteiger partial charge in [0.05, 0.1) is 6.61 Å². The van der Waals surface area contributed by atoms with E-state index in [2.05, 4.69) is 10.3 Å². The minimum atomic E-state index is -0.600. The third-order valence-electron chi connectivity index (χ3n) is 3.03. The van der Waals surface area contributed by atoms with E-state index >= 15 is 0 Å². The highest BCUT2D eigenvalue weighted by molar-refractivity contribution is 5.93. The number of hydrogen-bond donors (Lipinski definition) is 2. The summed E-state index contributed by atoms with van der Waals surface area (Å²) in [6.45, 7) is 2.69. The molecule has 0 bridgehead atoms. The third-order valence-corrected chi connectivity index (χ3v) is 3.03. The zero-order valence-electron chi connectivity index (χ0n) is 12.1. The maximum absolute atomic E-state index is 12.4. The fourth-order valence-corrected chi connectivity index (χ4v) is 2.01. The molecule has 2 rings (SSSR count). The molecule has 110 valence electrons. The van der Waals surface area contributed by atoms with Crippen LogP contribution < -0.4 is 10.7 Å². The number of fused-ring (bicyclic) bond motifs is 1. The Labute approximate surface area is 122 Å². The van der Waals surface area contributed by atoms with Crippen molar-refractivity contribution >= 4 is 22.9 Å². The van der Waals surface area contributed by atoms with Crippen molar-refractivity contribution < 1.29 is 9.53 Å². The molecule has 0 unspecified atom stereocenters. The molecule has 5 nitrogen and oxygen atoms in total. The van der Waals surface area contributed by atoms with Gasteiger partial charge in [-0.2, -0.15) is 0 Å². The number of H-pyrrole nitrogens is 1. The van der Waals surface area contributed by atoms with Crippen LogP contribution in [0.5, 0.6) is 0 Å². The summed E-state index contributed by atoms with van der Waals surface area (Å²) >= 11 is 0. The molecule has 0 atom stereocenters. The van der Waals surface area contributed by atoms with E-state index in [0.717, 1.165) is 12.1 Å². The fraction of sp³-hybridized carbons (Fsp3) is 0.250. The van der Waals surface area contributed by atoms with E-state index in [4.69, 9.17) is 4.74 Å². The summed E-state index contributed by atoms with van der Waals surface area (Å²) in [5, 5.41) is 3.49. The Balaban J connectivity index is 2.47. The number of benzene rings is 1. The molecule has 1 heterocycles. The van der Waals surface area contributed by atoms with Crippen LogP contribution in [0.3, 0.4) is 0 Å². The van der Waals surface area contributed by atoms with Gasteiger partial charge < -0.3 is 15.0 Å². The maximum Gasteiger partial charge on any atom is 0.343 e. The van der Waals surface area contributed by atoms with Crippen LogP contribution in [-0.2, 0) is 4.74 Å². The number of esters is 1. The van der Waals surface area contributed by atoms with Gasteiger partial charge in [-0.3, -0.25) is 4.79 Å². The van der Waals surface area contributed by atoms with E-state index in [1.807, 2.05) is 31.3 Å². The van der Waals surface area contributed by atoms with Gasteiger partial charge in [0, 0.05) is 23.6 Å². The SMILES string of the molecule is CCOC(=O)c1c[nH]c2ccc(C=CCNC)cc2c1=O. The molecular formula is C16H18N2O3. The summed E-state index contributed by atoms with van der Waals surface area (Å²) in [6, 6.07) is 5.50. The smallest absolute Gasteiger partial charge is 0.343 e. The minimum Gasteiger partial charge on any atom is -0.462 e. The van der Waals surface area contributed by atoms with Crippen molar-refractivity contribution in [3.63, 3.8) is 0 Å². The van der Waals surface area contributed by atoms with Gasteiger partial charge >= 0.3 is 5.97 Å². The first-order valence-corrected chi connectivity index (χ1v) is 6.81. The Morgan fingerprint density at radius 3 is 2.95 bits per heavy atom. The molecule has 0 aliphatic carbocycles. The van der Waals surface area contributed by atoms with Crippen molar-refractivity contribution in [3.8, 4) is 0 Å². The average molecular weight is 286 g/mol. The summed E-state index contributed by atoms with van der Waals surface area (Å²) in [4.78, 5) is 27.1. The number of aromatic amines is 1. The molecule has 21 heavy (non-hydrogen) atoms. The maximum atomic E-state index is 12.4. The largest absolute Gasteiger partial charge is 0.462 e. The minimum absolute atomic E-state index is 0.0284. The molecule has 2 aromatic rings. The monoisotopic (exact) mass is 286 g/mol. The Kier molecular flexibility index (Phi) is 4.90. The second kappa shape index (κ2) is 6.85. The summed E-state index contributed by atoms with van der Waals surface area (Å²) < 4.78 is 4.89. The van der Waals surface area contributed by atoms with Crippen molar-refractivity contribution in [2.24, 2.45) is 0 Å². The molecule has 0 spiro atoms. The van der Waals surface area contributed by atoms with Gasteiger partial charge in [0.25, 0.3) is 0 Å². The summed E-state index contributed by atoms with van der Waals surface area (Å²) in [5.41, 5.74) is 1.31. The highest BCUT2D eigenvalue weighted by atomic mass is 16.5. The van der Waals surface area contributed by atoms with E-state index in [1.54, 1.807) is 13.0 Å². The van der Waals surface area contributed by atoms with Crippen molar-refractivity contribution in [1.29, 1.82) is 0 Å². The van der Waals surface area contributed by atoms with Crippen molar-refractivity contribution in [2.45, 2.75) is 6.92 Å². The predicted octanol–water partition coefficient (Wildman–Crippen LogP) is 1.94. The van der Waals surface area contributed by atoms with Gasteiger partial charge in [-0.15, -0.1) is 0 Å². The molecule has 0 radical (unpaired) electrons. The Morgan fingerprint density at radius 1 is 1.43 bits per heavy atom. The molecule has 0 amide bonds. The fourth-order valence-electron chi connectivity index (χ4n) is 2.01. The highest BCUT2D eigenvalue weighted by Crippen LogP contribution is 2.13. The number of rotatable bonds is 5. The lowest BCUT2D eigenvalue weighted by atomic mass is 10.1. The zero-order chi connectivity index (χ0) is 15.2. The van der Waals surface area contributed by atoms with E-state index in [9.17, 15) is 9.59 Å². The van der Waals surface area contributed by atoms with Crippen molar-refractivity contribution in [1.82, 2.24) is 10.3 Å². The molecule has 1 aromatic carbocycles. The van der Waals surface area contributed by atoms with Crippen molar-refractivity contribution in [2.75, 3.05) is 20.2 Å². The van der Waals surface area contributed by atoms with E-state index in [0.29, 0.717) is 10.9 Å². The van der Waals surface area contributed by atoms with Crippen LogP contribution in [0, 0.1) is 0 Å². The number of hydrogen-bond acceptors (Lipinski definition) is 4. The number of aromatic nitrogens is 1. The third kappa shape index (κ3) is 3.38. The molecule has 0 saturated carbocycles. The first-order chi connectivity index (χ1) is 10.2. The number of likely N-dealkylation sites (N-methyl/N-ethyl adjacent to an activating group) is 1. The van der Waals surface area contributed by atoms with Crippen LogP contribution in [0.15, 0.2) is 35.3 Å².